The highest BCUT2D eigenvalue weighted by atomic mass is 16.5. The van der Waals surface area contributed by atoms with Crippen LogP contribution in [0.1, 0.15) is 36.2 Å². The predicted molar refractivity (Wildman–Crippen MR) is 77.4 cm³/mol. The van der Waals surface area contributed by atoms with Crippen molar-refractivity contribution in [3.8, 4) is 0 Å². The molecule has 110 valence electrons. The molecule has 1 rings (SSSR count). The Labute approximate surface area is 119 Å². The summed E-state index contributed by atoms with van der Waals surface area (Å²) in [6.45, 7) is 5.11. The minimum atomic E-state index is -0.350. The molecule has 0 saturated carbocycles. The SMILES string of the molecule is CCCNC(=O)C(C)NCc1ccc(C(=O)OC)cc1. The predicted octanol–water partition coefficient (Wildman–Crippen LogP) is 1.48. The molecule has 1 amide bonds. The van der Waals surface area contributed by atoms with E-state index in [4.69, 9.17) is 0 Å². The summed E-state index contributed by atoms with van der Waals surface area (Å²) in [5.41, 5.74) is 1.53. The van der Waals surface area contributed by atoms with Crippen LogP contribution in [0.4, 0.5) is 0 Å². The number of esters is 1. The maximum atomic E-state index is 11.7. The van der Waals surface area contributed by atoms with Crippen LogP contribution in [0, 0.1) is 0 Å². The molecule has 0 heterocycles. The van der Waals surface area contributed by atoms with Crippen LogP contribution in [0.2, 0.25) is 0 Å². The summed E-state index contributed by atoms with van der Waals surface area (Å²) in [5, 5.41) is 5.98. The van der Waals surface area contributed by atoms with E-state index in [1.54, 1.807) is 12.1 Å². The number of benzene rings is 1. The van der Waals surface area contributed by atoms with Crippen molar-refractivity contribution in [3.63, 3.8) is 0 Å². The zero-order valence-corrected chi connectivity index (χ0v) is 12.2. The first-order chi connectivity index (χ1) is 9.58. The summed E-state index contributed by atoms with van der Waals surface area (Å²) in [6.07, 6.45) is 0.924. The number of hydrogen-bond donors (Lipinski definition) is 2. The van der Waals surface area contributed by atoms with E-state index in [1.165, 1.54) is 7.11 Å². The molecule has 1 unspecified atom stereocenters. The Morgan fingerprint density at radius 3 is 2.45 bits per heavy atom. The Balaban J connectivity index is 2.45. The van der Waals surface area contributed by atoms with Crippen molar-refractivity contribution < 1.29 is 14.3 Å². The molecule has 1 aromatic rings. The number of hydrogen-bond acceptors (Lipinski definition) is 4. The lowest BCUT2D eigenvalue weighted by Gasteiger charge is -2.13. The van der Waals surface area contributed by atoms with Crippen LogP contribution in [0.15, 0.2) is 24.3 Å². The summed E-state index contributed by atoms with van der Waals surface area (Å²) in [6, 6.07) is 6.86. The molecule has 0 aliphatic rings. The fourth-order valence-corrected chi connectivity index (χ4v) is 1.64. The molecule has 0 spiro atoms. The van der Waals surface area contributed by atoms with Gasteiger partial charge < -0.3 is 15.4 Å². The monoisotopic (exact) mass is 278 g/mol. The van der Waals surface area contributed by atoms with Crippen molar-refractivity contribution in [2.45, 2.75) is 32.9 Å². The molecule has 0 aliphatic heterocycles. The van der Waals surface area contributed by atoms with Crippen molar-refractivity contribution in [2.75, 3.05) is 13.7 Å². The average Bonchev–Trinajstić information content (AvgIpc) is 2.49. The molecule has 1 atom stereocenters. The Morgan fingerprint density at radius 1 is 1.25 bits per heavy atom. The second kappa shape index (κ2) is 8.32. The van der Waals surface area contributed by atoms with E-state index in [-0.39, 0.29) is 17.9 Å². The van der Waals surface area contributed by atoms with Crippen LogP contribution < -0.4 is 10.6 Å². The highest BCUT2D eigenvalue weighted by Gasteiger charge is 2.11. The minimum Gasteiger partial charge on any atom is -0.465 e. The molecule has 0 aliphatic carbocycles. The van der Waals surface area contributed by atoms with Crippen molar-refractivity contribution in [3.05, 3.63) is 35.4 Å². The van der Waals surface area contributed by atoms with Gasteiger partial charge >= 0.3 is 5.97 Å². The van der Waals surface area contributed by atoms with Gasteiger partial charge in [0.25, 0.3) is 0 Å². The normalized spacial score (nSPS) is 11.8. The summed E-state index contributed by atoms with van der Waals surface area (Å²) in [5.74, 6) is -0.352. The number of amides is 1. The first-order valence-corrected chi connectivity index (χ1v) is 6.76. The van der Waals surface area contributed by atoms with Gasteiger partial charge in [-0.1, -0.05) is 19.1 Å². The number of carbonyl (C=O) groups excluding carboxylic acids is 2. The van der Waals surface area contributed by atoms with E-state index < -0.39 is 0 Å². The topological polar surface area (TPSA) is 67.4 Å². The molecule has 0 saturated heterocycles. The smallest absolute Gasteiger partial charge is 0.337 e. The molecule has 2 N–H and O–H groups in total. The zero-order valence-electron chi connectivity index (χ0n) is 12.2. The third-order valence-electron chi connectivity index (χ3n) is 2.93. The molecule has 0 aromatic heterocycles. The number of ether oxygens (including phenoxy) is 1. The molecule has 5 heteroatoms. The Kier molecular flexibility index (Phi) is 6.73. The van der Waals surface area contributed by atoms with Gasteiger partial charge in [-0.25, -0.2) is 4.79 Å². The van der Waals surface area contributed by atoms with E-state index >= 15 is 0 Å². The lowest BCUT2D eigenvalue weighted by atomic mass is 10.1. The summed E-state index contributed by atoms with van der Waals surface area (Å²) in [7, 11) is 1.36. The fraction of sp³-hybridized carbons (Fsp3) is 0.467. The molecule has 0 radical (unpaired) electrons. The average molecular weight is 278 g/mol. The maximum absolute atomic E-state index is 11.7. The third-order valence-corrected chi connectivity index (χ3v) is 2.93. The molecule has 0 bridgehead atoms. The van der Waals surface area contributed by atoms with Gasteiger partial charge in [-0.2, -0.15) is 0 Å². The Hall–Kier alpha value is -1.88. The summed E-state index contributed by atoms with van der Waals surface area (Å²) < 4.78 is 4.64. The molecule has 0 fully saturated rings. The lowest BCUT2D eigenvalue weighted by Crippen LogP contribution is -2.42. The van der Waals surface area contributed by atoms with Gasteiger partial charge in [0.1, 0.15) is 0 Å². The van der Waals surface area contributed by atoms with Gasteiger partial charge in [0.05, 0.1) is 18.7 Å². The number of carbonyl (C=O) groups is 2. The van der Waals surface area contributed by atoms with Crippen LogP contribution >= 0.6 is 0 Å². The summed E-state index contributed by atoms with van der Waals surface area (Å²) in [4.78, 5) is 23.0. The van der Waals surface area contributed by atoms with E-state index in [0.29, 0.717) is 18.7 Å². The van der Waals surface area contributed by atoms with E-state index in [2.05, 4.69) is 15.4 Å². The van der Waals surface area contributed by atoms with E-state index in [9.17, 15) is 9.59 Å². The van der Waals surface area contributed by atoms with Crippen LogP contribution in [0.3, 0.4) is 0 Å². The first-order valence-electron chi connectivity index (χ1n) is 6.76. The fourth-order valence-electron chi connectivity index (χ4n) is 1.64. The quantitative estimate of drug-likeness (QED) is 0.741. The van der Waals surface area contributed by atoms with E-state index in [0.717, 1.165) is 12.0 Å². The molecular formula is C15H22N2O3. The highest BCUT2D eigenvalue weighted by Crippen LogP contribution is 2.05. The van der Waals surface area contributed by atoms with Crippen molar-refractivity contribution in [1.82, 2.24) is 10.6 Å². The van der Waals surface area contributed by atoms with E-state index in [1.807, 2.05) is 26.0 Å². The van der Waals surface area contributed by atoms with Crippen LogP contribution in [-0.2, 0) is 16.1 Å². The van der Waals surface area contributed by atoms with Gasteiger partial charge in [-0.05, 0) is 31.0 Å². The van der Waals surface area contributed by atoms with Gasteiger partial charge in [0.15, 0.2) is 0 Å². The molecule has 20 heavy (non-hydrogen) atoms. The number of methoxy groups -OCH3 is 1. The Morgan fingerprint density at radius 2 is 1.90 bits per heavy atom. The van der Waals surface area contributed by atoms with Crippen LogP contribution in [0.25, 0.3) is 0 Å². The molecular weight excluding hydrogens is 256 g/mol. The first kappa shape index (κ1) is 16.2. The second-order valence-electron chi connectivity index (χ2n) is 4.58. The van der Waals surface area contributed by atoms with Crippen molar-refractivity contribution in [2.24, 2.45) is 0 Å². The van der Waals surface area contributed by atoms with Gasteiger partial charge in [0, 0.05) is 13.1 Å². The largest absolute Gasteiger partial charge is 0.465 e. The van der Waals surface area contributed by atoms with Crippen LogP contribution in [0.5, 0.6) is 0 Å². The minimum absolute atomic E-state index is 0.00182. The van der Waals surface area contributed by atoms with Crippen LogP contribution in [-0.4, -0.2) is 31.6 Å². The Bertz CT molecular complexity index is 443. The van der Waals surface area contributed by atoms with Crippen molar-refractivity contribution >= 4 is 11.9 Å². The molecule has 1 aromatic carbocycles. The van der Waals surface area contributed by atoms with Gasteiger partial charge in [-0.3, -0.25) is 4.79 Å². The highest BCUT2D eigenvalue weighted by molar-refractivity contribution is 5.89. The second-order valence-corrected chi connectivity index (χ2v) is 4.58. The van der Waals surface area contributed by atoms with Gasteiger partial charge in [-0.15, -0.1) is 0 Å². The van der Waals surface area contributed by atoms with Gasteiger partial charge in [0.2, 0.25) is 5.91 Å². The van der Waals surface area contributed by atoms with Crippen molar-refractivity contribution in [1.29, 1.82) is 0 Å². The number of rotatable bonds is 7. The zero-order chi connectivity index (χ0) is 15.0. The number of nitrogens with one attached hydrogen (secondary N) is 2. The molecule has 5 nitrogen and oxygen atoms in total. The maximum Gasteiger partial charge on any atom is 0.337 e. The summed E-state index contributed by atoms with van der Waals surface area (Å²) >= 11 is 0. The standard InChI is InChI=1S/C15H22N2O3/c1-4-9-16-14(18)11(2)17-10-12-5-7-13(8-6-12)15(19)20-3/h5-8,11,17H,4,9-10H2,1-3H3,(H,16,18). The lowest BCUT2D eigenvalue weighted by molar-refractivity contribution is -0.122. The third kappa shape index (κ3) is 5.01.